The van der Waals surface area contributed by atoms with E-state index in [9.17, 15) is 4.79 Å². The van der Waals surface area contributed by atoms with E-state index in [1.165, 1.54) is 0 Å². The van der Waals surface area contributed by atoms with Crippen molar-refractivity contribution in [2.24, 2.45) is 0 Å². The monoisotopic (exact) mass is 399 g/mol. The number of carbonyl (C=O) groups excluding carboxylic acids is 1. The summed E-state index contributed by atoms with van der Waals surface area (Å²) in [5, 5.41) is 5.22. The lowest BCUT2D eigenvalue weighted by atomic mass is 10.1. The minimum atomic E-state index is -2.44. The molecule has 2 atom stereocenters. The van der Waals surface area contributed by atoms with Crippen LogP contribution >= 0.6 is 6.42 Å². The topological polar surface area (TPSA) is 47.6 Å². The molecule has 0 aliphatic carbocycles. The number of benzene rings is 3. The van der Waals surface area contributed by atoms with Gasteiger partial charge in [-0.25, -0.2) is 5.09 Å². The minimum Gasteiger partial charge on any atom is -0.460 e. The Bertz CT molecular complexity index is 972. The van der Waals surface area contributed by atoms with E-state index in [2.05, 4.69) is 5.09 Å². The van der Waals surface area contributed by atoms with Gasteiger partial charge >= 0.3 is 5.97 Å². The van der Waals surface area contributed by atoms with Gasteiger partial charge in [-0.3, -0.25) is 4.79 Å². The Morgan fingerprint density at radius 2 is 1.70 bits per heavy atom. The lowest BCUT2D eigenvalue weighted by molar-refractivity contribution is -0.146. The zero-order valence-corrected chi connectivity index (χ0v) is 17.0. The van der Waals surface area contributed by atoms with Crippen molar-refractivity contribution in [2.45, 2.75) is 19.6 Å². The Hall–Kier alpha value is -2.20. The van der Waals surface area contributed by atoms with E-state index in [0.29, 0.717) is 0 Å². The summed E-state index contributed by atoms with van der Waals surface area (Å²) >= 11 is 5.63. The van der Waals surface area contributed by atoms with Crippen LogP contribution in [0.1, 0.15) is 12.5 Å². The Morgan fingerprint density at radius 1 is 1.04 bits per heavy atom. The van der Waals surface area contributed by atoms with Gasteiger partial charge in [0, 0.05) is 12.1 Å². The lowest BCUT2D eigenvalue weighted by Crippen LogP contribution is -2.34. The Balaban J connectivity index is 1.63. The minimum absolute atomic E-state index is 0.239. The first-order valence-corrected chi connectivity index (χ1v) is 11.8. The van der Waals surface area contributed by atoms with Crippen LogP contribution in [0.15, 0.2) is 72.8 Å². The quantitative estimate of drug-likeness (QED) is 0.453. The standard InChI is InChI=1S/C21H22NO3PS/c1-16(21(23)24-15-17-9-4-3-5-10-17)22-26(2,27)25-20-14-8-12-18-11-6-7-13-19(18)20/h3-14,16H,15H2,1-2H3,(H,22,27)/t16-,26?/m1/s1. The molecule has 1 N–H and O–H groups in total. The summed E-state index contributed by atoms with van der Waals surface area (Å²) in [6, 6.07) is 22.9. The fourth-order valence-corrected chi connectivity index (χ4v) is 4.86. The van der Waals surface area contributed by atoms with Gasteiger partial charge in [-0.15, -0.1) is 0 Å². The number of rotatable bonds is 7. The van der Waals surface area contributed by atoms with E-state index < -0.39 is 12.5 Å². The molecule has 3 rings (SSSR count). The van der Waals surface area contributed by atoms with Crippen molar-refractivity contribution in [2.75, 3.05) is 6.66 Å². The van der Waals surface area contributed by atoms with Gasteiger partial charge in [0.2, 0.25) is 0 Å². The summed E-state index contributed by atoms with van der Waals surface area (Å²) in [5.74, 6) is 0.368. The fourth-order valence-electron chi connectivity index (χ4n) is 2.75. The molecule has 0 bridgehead atoms. The number of esters is 1. The second-order valence-corrected chi connectivity index (χ2v) is 10.6. The molecular formula is C21H22NO3PS. The predicted molar refractivity (Wildman–Crippen MR) is 114 cm³/mol. The Kier molecular flexibility index (Phi) is 6.27. The molecule has 0 radical (unpaired) electrons. The molecule has 0 fully saturated rings. The molecule has 140 valence electrons. The van der Waals surface area contributed by atoms with Crippen LogP contribution in [0.25, 0.3) is 10.8 Å². The van der Waals surface area contributed by atoms with Gasteiger partial charge in [0.25, 0.3) is 0 Å². The summed E-state index contributed by atoms with van der Waals surface area (Å²) in [5.41, 5.74) is 0.945. The molecule has 0 spiro atoms. The summed E-state index contributed by atoms with van der Waals surface area (Å²) < 4.78 is 11.5. The van der Waals surface area contributed by atoms with Gasteiger partial charge in [0.05, 0.1) is 0 Å². The normalized spacial score (nSPS) is 14.3. The van der Waals surface area contributed by atoms with Crippen LogP contribution in [0, 0.1) is 0 Å². The van der Waals surface area contributed by atoms with Crippen molar-refractivity contribution in [1.29, 1.82) is 0 Å². The Morgan fingerprint density at radius 3 is 2.48 bits per heavy atom. The van der Waals surface area contributed by atoms with E-state index in [1.54, 1.807) is 6.92 Å². The largest absolute Gasteiger partial charge is 0.460 e. The third-order valence-corrected chi connectivity index (χ3v) is 5.97. The maximum absolute atomic E-state index is 12.3. The maximum Gasteiger partial charge on any atom is 0.323 e. The van der Waals surface area contributed by atoms with Gasteiger partial charge in [-0.2, -0.15) is 0 Å². The molecule has 0 saturated heterocycles. The zero-order chi connectivity index (χ0) is 19.3. The lowest BCUT2D eigenvalue weighted by Gasteiger charge is -2.24. The first kappa shape index (κ1) is 19.6. The van der Waals surface area contributed by atoms with Crippen LogP contribution in [0.2, 0.25) is 0 Å². The molecule has 4 nitrogen and oxygen atoms in total. The average molecular weight is 399 g/mol. The van der Waals surface area contributed by atoms with Crippen LogP contribution < -0.4 is 9.61 Å². The highest BCUT2D eigenvalue weighted by Crippen LogP contribution is 2.42. The molecule has 3 aromatic carbocycles. The highest BCUT2D eigenvalue weighted by molar-refractivity contribution is 8.11. The first-order chi connectivity index (χ1) is 12.9. The van der Waals surface area contributed by atoms with E-state index >= 15 is 0 Å². The van der Waals surface area contributed by atoms with Crippen molar-refractivity contribution < 1.29 is 14.1 Å². The molecule has 0 aromatic heterocycles. The third-order valence-electron chi connectivity index (χ3n) is 4.03. The van der Waals surface area contributed by atoms with Gasteiger partial charge < -0.3 is 9.26 Å². The molecule has 6 heteroatoms. The number of carbonyl (C=O) groups is 1. The third kappa shape index (κ3) is 5.39. The van der Waals surface area contributed by atoms with Crippen molar-refractivity contribution in [1.82, 2.24) is 5.09 Å². The molecule has 1 unspecified atom stereocenters. The zero-order valence-electron chi connectivity index (χ0n) is 15.3. The summed E-state index contributed by atoms with van der Waals surface area (Å²) in [6.45, 7) is 3.80. The number of nitrogens with one attached hydrogen (secondary N) is 1. The molecule has 0 amide bonds. The van der Waals surface area contributed by atoms with Crippen LogP contribution in [-0.2, 0) is 27.9 Å². The molecular weight excluding hydrogens is 377 g/mol. The summed E-state index contributed by atoms with van der Waals surface area (Å²) in [4.78, 5) is 12.3. The van der Waals surface area contributed by atoms with Gasteiger partial charge in [0.15, 0.2) is 6.42 Å². The van der Waals surface area contributed by atoms with Crippen molar-refractivity contribution in [3.05, 3.63) is 78.4 Å². The highest BCUT2D eigenvalue weighted by Gasteiger charge is 2.22. The van der Waals surface area contributed by atoms with Gasteiger partial charge in [0.1, 0.15) is 18.4 Å². The highest BCUT2D eigenvalue weighted by atomic mass is 32.4. The maximum atomic E-state index is 12.3. The van der Waals surface area contributed by atoms with Crippen molar-refractivity contribution >= 4 is 35.0 Å². The van der Waals surface area contributed by atoms with Gasteiger partial charge in [-0.05, 0) is 35.7 Å². The van der Waals surface area contributed by atoms with Crippen LogP contribution in [0.3, 0.4) is 0 Å². The fraction of sp³-hybridized carbons (Fsp3) is 0.190. The smallest absolute Gasteiger partial charge is 0.323 e. The van der Waals surface area contributed by atoms with Crippen LogP contribution in [0.5, 0.6) is 5.75 Å². The summed E-state index contributed by atoms with van der Waals surface area (Å²) in [7, 11) is 0. The summed E-state index contributed by atoms with van der Waals surface area (Å²) in [6.07, 6.45) is -2.44. The molecule has 0 aliphatic heterocycles. The number of hydrogen-bond donors (Lipinski definition) is 1. The second kappa shape index (κ2) is 8.66. The molecule has 0 aliphatic rings. The predicted octanol–water partition coefficient (Wildman–Crippen LogP) is 4.88. The number of ether oxygens (including phenoxy) is 1. The average Bonchev–Trinajstić information content (AvgIpc) is 2.66. The van der Waals surface area contributed by atoms with Gasteiger partial charge in [-0.1, -0.05) is 66.7 Å². The number of hydrogen-bond acceptors (Lipinski definition) is 4. The SMILES string of the molecule is C[C@@H](NP(C)(=S)Oc1cccc2ccccc12)C(=O)OCc1ccccc1. The number of fused-ring (bicyclic) bond motifs is 1. The second-order valence-electron chi connectivity index (χ2n) is 6.36. The van der Waals surface area contributed by atoms with E-state index in [4.69, 9.17) is 21.1 Å². The van der Waals surface area contributed by atoms with Crippen LogP contribution in [-0.4, -0.2) is 18.7 Å². The Labute approximate surface area is 164 Å². The van der Waals surface area contributed by atoms with Crippen molar-refractivity contribution in [3.63, 3.8) is 0 Å². The van der Waals surface area contributed by atoms with Crippen molar-refractivity contribution in [3.8, 4) is 5.75 Å². The van der Waals surface area contributed by atoms with E-state index in [0.717, 1.165) is 22.1 Å². The van der Waals surface area contributed by atoms with E-state index in [-0.39, 0.29) is 12.6 Å². The van der Waals surface area contributed by atoms with E-state index in [1.807, 2.05) is 79.5 Å². The molecule has 27 heavy (non-hydrogen) atoms. The van der Waals surface area contributed by atoms with Crippen LogP contribution in [0.4, 0.5) is 0 Å². The molecule has 0 heterocycles. The molecule has 3 aromatic rings. The molecule has 0 saturated carbocycles. The first-order valence-electron chi connectivity index (χ1n) is 8.68.